The summed E-state index contributed by atoms with van der Waals surface area (Å²) in [5.41, 5.74) is 5.65. The molecule has 0 radical (unpaired) electrons. The lowest BCUT2D eigenvalue weighted by molar-refractivity contribution is -0.124. The summed E-state index contributed by atoms with van der Waals surface area (Å²) in [6, 6.07) is 13.6. The zero-order valence-electron chi connectivity index (χ0n) is 13.8. The van der Waals surface area contributed by atoms with E-state index in [2.05, 4.69) is 11.4 Å². The molecule has 0 saturated heterocycles. The molecule has 0 unspecified atom stereocenters. The van der Waals surface area contributed by atoms with Gasteiger partial charge in [-0.2, -0.15) is 0 Å². The predicted molar refractivity (Wildman–Crippen MR) is 97.1 cm³/mol. The Balaban J connectivity index is 0.00000264. The maximum absolute atomic E-state index is 11.9. The standard InChI is InChI=1S/C18H24N2O2.ClH/c1-18(2,3)16(19)17(21)20-10-11-22-15-9-8-13-6-4-5-7-14(13)12-15;/h4-9,12,16H,10-11,19H2,1-3H3,(H,20,21);1H/t16-;/m1./s1. The molecule has 2 rings (SSSR count). The molecule has 0 aliphatic carbocycles. The molecule has 2 aromatic rings. The number of benzene rings is 2. The van der Waals surface area contributed by atoms with Gasteiger partial charge in [-0.1, -0.05) is 51.1 Å². The third-order valence-corrected chi connectivity index (χ3v) is 3.61. The van der Waals surface area contributed by atoms with E-state index in [4.69, 9.17) is 10.5 Å². The number of hydrogen-bond acceptors (Lipinski definition) is 3. The number of nitrogens with one attached hydrogen (secondary N) is 1. The van der Waals surface area contributed by atoms with Gasteiger partial charge in [0.05, 0.1) is 12.6 Å². The molecule has 0 aromatic heterocycles. The maximum Gasteiger partial charge on any atom is 0.237 e. The minimum absolute atomic E-state index is 0. The largest absolute Gasteiger partial charge is 0.492 e. The Morgan fingerprint density at radius 2 is 1.83 bits per heavy atom. The Bertz CT molecular complexity index is 653. The second-order valence-corrected chi connectivity index (χ2v) is 6.49. The van der Waals surface area contributed by atoms with Crippen molar-refractivity contribution in [1.82, 2.24) is 5.32 Å². The van der Waals surface area contributed by atoms with E-state index in [1.807, 2.05) is 57.2 Å². The first-order valence-electron chi connectivity index (χ1n) is 7.53. The number of halogens is 1. The molecule has 0 fully saturated rings. The van der Waals surface area contributed by atoms with Gasteiger partial charge in [0.2, 0.25) is 5.91 Å². The van der Waals surface area contributed by atoms with E-state index in [1.165, 1.54) is 5.39 Å². The zero-order chi connectivity index (χ0) is 16.2. The van der Waals surface area contributed by atoms with E-state index in [9.17, 15) is 4.79 Å². The first-order valence-corrected chi connectivity index (χ1v) is 7.53. The van der Waals surface area contributed by atoms with Gasteiger partial charge in [-0.15, -0.1) is 12.4 Å². The Labute approximate surface area is 143 Å². The number of nitrogens with two attached hydrogens (primary N) is 1. The van der Waals surface area contributed by atoms with Gasteiger partial charge in [-0.3, -0.25) is 4.79 Å². The van der Waals surface area contributed by atoms with Gasteiger partial charge in [-0.05, 0) is 28.3 Å². The zero-order valence-corrected chi connectivity index (χ0v) is 14.7. The second kappa shape index (κ2) is 8.18. The summed E-state index contributed by atoms with van der Waals surface area (Å²) < 4.78 is 5.67. The van der Waals surface area contributed by atoms with Crippen molar-refractivity contribution in [2.45, 2.75) is 26.8 Å². The smallest absolute Gasteiger partial charge is 0.237 e. The highest BCUT2D eigenvalue weighted by molar-refractivity contribution is 5.85. The number of amides is 1. The van der Waals surface area contributed by atoms with Crippen LogP contribution in [0.15, 0.2) is 42.5 Å². The Kier molecular flexibility index (Phi) is 6.85. The van der Waals surface area contributed by atoms with E-state index < -0.39 is 6.04 Å². The van der Waals surface area contributed by atoms with E-state index >= 15 is 0 Å². The number of carbonyl (C=O) groups excluding carboxylic acids is 1. The molecule has 0 spiro atoms. The van der Waals surface area contributed by atoms with E-state index in [0.29, 0.717) is 13.2 Å². The number of hydrogen-bond donors (Lipinski definition) is 2. The van der Waals surface area contributed by atoms with Crippen molar-refractivity contribution in [2.24, 2.45) is 11.1 Å². The fourth-order valence-electron chi connectivity index (χ4n) is 2.10. The first kappa shape index (κ1) is 19.3. The monoisotopic (exact) mass is 336 g/mol. The highest BCUT2D eigenvalue weighted by Gasteiger charge is 2.26. The average Bonchev–Trinajstić information content (AvgIpc) is 2.49. The molecule has 5 heteroatoms. The van der Waals surface area contributed by atoms with Crippen LogP contribution in [-0.4, -0.2) is 25.1 Å². The van der Waals surface area contributed by atoms with Crippen molar-refractivity contribution >= 4 is 29.1 Å². The molecule has 0 bridgehead atoms. The molecule has 2 aromatic carbocycles. The lowest BCUT2D eigenvalue weighted by Crippen LogP contribution is -2.49. The van der Waals surface area contributed by atoms with Gasteiger partial charge < -0.3 is 15.8 Å². The van der Waals surface area contributed by atoms with E-state index in [0.717, 1.165) is 11.1 Å². The van der Waals surface area contributed by atoms with Crippen molar-refractivity contribution in [3.8, 4) is 5.75 Å². The minimum atomic E-state index is -0.520. The van der Waals surface area contributed by atoms with Crippen LogP contribution in [0.25, 0.3) is 10.8 Å². The highest BCUT2D eigenvalue weighted by Crippen LogP contribution is 2.20. The summed E-state index contributed by atoms with van der Waals surface area (Å²) >= 11 is 0. The quantitative estimate of drug-likeness (QED) is 0.824. The molecular formula is C18H25ClN2O2. The molecule has 126 valence electrons. The average molecular weight is 337 g/mol. The molecule has 23 heavy (non-hydrogen) atoms. The number of rotatable bonds is 5. The van der Waals surface area contributed by atoms with Crippen LogP contribution in [0, 0.1) is 5.41 Å². The van der Waals surface area contributed by atoms with Gasteiger partial charge in [0.15, 0.2) is 0 Å². The van der Waals surface area contributed by atoms with Gasteiger partial charge in [0.25, 0.3) is 0 Å². The van der Waals surface area contributed by atoms with Crippen LogP contribution in [0.2, 0.25) is 0 Å². The molecular weight excluding hydrogens is 312 g/mol. The van der Waals surface area contributed by atoms with Crippen molar-refractivity contribution in [3.63, 3.8) is 0 Å². The van der Waals surface area contributed by atoms with Gasteiger partial charge in [-0.25, -0.2) is 0 Å². The van der Waals surface area contributed by atoms with Crippen molar-refractivity contribution < 1.29 is 9.53 Å². The predicted octanol–water partition coefficient (Wildman–Crippen LogP) is 3.13. The Hall–Kier alpha value is -1.78. The molecule has 3 N–H and O–H groups in total. The minimum Gasteiger partial charge on any atom is -0.492 e. The van der Waals surface area contributed by atoms with Crippen LogP contribution in [0.1, 0.15) is 20.8 Å². The SMILES string of the molecule is CC(C)(C)[C@H](N)C(=O)NCCOc1ccc2ccccc2c1.Cl. The maximum atomic E-state index is 11.9. The third kappa shape index (κ3) is 5.41. The summed E-state index contributed by atoms with van der Waals surface area (Å²) in [7, 11) is 0. The summed E-state index contributed by atoms with van der Waals surface area (Å²) in [4.78, 5) is 11.9. The lowest BCUT2D eigenvalue weighted by Gasteiger charge is -2.25. The number of ether oxygens (including phenoxy) is 1. The molecule has 0 heterocycles. The van der Waals surface area contributed by atoms with E-state index in [1.54, 1.807) is 0 Å². The van der Waals surface area contributed by atoms with Crippen LogP contribution < -0.4 is 15.8 Å². The summed E-state index contributed by atoms with van der Waals surface area (Å²) in [6.07, 6.45) is 0. The Morgan fingerprint density at radius 3 is 2.48 bits per heavy atom. The fourth-order valence-corrected chi connectivity index (χ4v) is 2.10. The van der Waals surface area contributed by atoms with Crippen LogP contribution in [0.5, 0.6) is 5.75 Å². The van der Waals surface area contributed by atoms with Crippen LogP contribution in [-0.2, 0) is 4.79 Å². The third-order valence-electron chi connectivity index (χ3n) is 3.61. The van der Waals surface area contributed by atoms with Gasteiger partial charge in [0.1, 0.15) is 12.4 Å². The van der Waals surface area contributed by atoms with Crippen LogP contribution in [0.4, 0.5) is 0 Å². The van der Waals surface area contributed by atoms with Gasteiger partial charge >= 0.3 is 0 Å². The van der Waals surface area contributed by atoms with Crippen molar-refractivity contribution in [1.29, 1.82) is 0 Å². The summed E-state index contributed by atoms with van der Waals surface area (Å²) in [6.45, 7) is 6.70. The van der Waals surface area contributed by atoms with Crippen molar-refractivity contribution in [2.75, 3.05) is 13.2 Å². The van der Waals surface area contributed by atoms with Crippen molar-refractivity contribution in [3.05, 3.63) is 42.5 Å². The summed E-state index contributed by atoms with van der Waals surface area (Å²) in [5.74, 6) is 0.655. The topological polar surface area (TPSA) is 64.4 Å². The van der Waals surface area contributed by atoms with Crippen LogP contribution in [0.3, 0.4) is 0 Å². The highest BCUT2D eigenvalue weighted by atomic mass is 35.5. The second-order valence-electron chi connectivity index (χ2n) is 6.49. The molecule has 1 amide bonds. The van der Waals surface area contributed by atoms with E-state index in [-0.39, 0.29) is 23.7 Å². The number of carbonyl (C=O) groups is 1. The van der Waals surface area contributed by atoms with Gasteiger partial charge in [0, 0.05) is 0 Å². The molecule has 0 saturated carbocycles. The Morgan fingerprint density at radius 1 is 1.17 bits per heavy atom. The molecule has 0 aliphatic rings. The molecule has 1 atom stereocenters. The van der Waals surface area contributed by atoms with Crippen LogP contribution >= 0.6 is 12.4 Å². The fraction of sp³-hybridized carbons (Fsp3) is 0.389. The lowest BCUT2D eigenvalue weighted by atomic mass is 9.87. The summed E-state index contributed by atoms with van der Waals surface area (Å²) in [5, 5.41) is 5.13. The molecule has 4 nitrogen and oxygen atoms in total. The number of fused-ring (bicyclic) bond motifs is 1. The first-order chi connectivity index (χ1) is 10.4. The molecule has 0 aliphatic heterocycles. The normalized spacial score (nSPS) is 12.3.